The van der Waals surface area contributed by atoms with Gasteiger partial charge in [-0.05, 0) is 48.1 Å². The molecule has 1 unspecified atom stereocenters. The maximum Gasteiger partial charge on any atom is 0.147 e. The zero-order valence-corrected chi connectivity index (χ0v) is 14.6. The Morgan fingerprint density at radius 3 is 2.60 bits per heavy atom. The van der Waals surface area contributed by atoms with Gasteiger partial charge in [-0.15, -0.1) is 10.2 Å². The van der Waals surface area contributed by atoms with Crippen molar-refractivity contribution in [1.29, 1.82) is 0 Å². The molecule has 1 aromatic heterocycles. The number of thioether (sulfide) groups is 1. The van der Waals surface area contributed by atoms with E-state index >= 15 is 0 Å². The van der Waals surface area contributed by atoms with E-state index in [1.807, 2.05) is 29.0 Å². The molecular formula is C19H17F2N3S. The van der Waals surface area contributed by atoms with E-state index in [1.54, 1.807) is 17.8 Å². The number of aromatic nitrogens is 3. The van der Waals surface area contributed by atoms with Crippen molar-refractivity contribution in [2.45, 2.75) is 24.5 Å². The number of fused-ring (bicyclic) bond motifs is 3. The molecule has 2 aromatic carbocycles. The van der Waals surface area contributed by atoms with Crippen LogP contribution in [-0.2, 0) is 12.2 Å². The van der Waals surface area contributed by atoms with Crippen LogP contribution in [0.1, 0.15) is 35.1 Å². The number of aryl methyl sites for hydroxylation is 1. The quantitative estimate of drug-likeness (QED) is 0.692. The van der Waals surface area contributed by atoms with Gasteiger partial charge in [-0.1, -0.05) is 18.2 Å². The summed E-state index contributed by atoms with van der Waals surface area (Å²) in [5.41, 5.74) is 2.84. The molecule has 3 aromatic rings. The highest BCUT2D eigenvalue weighted by atomic mass is 32.2. The second-order valence-electron chi connectivity index (χ2n) is 6.15. The highest BCUT2D eigenvalue weighted by Crippen LogP contribution is 2.37. The number of halogens is 2. The van der Waals surface area contributed by atoms with Gasteiger partial charge in [0.1, 0.15) is 23.3 Å². The Balaban J connectivity index is 1.89. The lowest BCUT2D eigenvalue weighted by Crippen LogP contribution is -2.07. The second kappa shape index (κ2) is 6.59. The zero-order chi connectivity index (χ0) is 17.4. The molecule has 0 bridgehead atoms. The molecule has 0 saturated carbocycles. The van der Waals surface area contributed by atoms with Crippen molar-refractivity contribution in [1.82, 2.24) is 14.8 Å². The third-order valence-electron chi connectivity index (χ3n) is 4.61. The van der Waals surface area contributed by atoms with Gasteiger partial charge in [0.15, 0.2) is 0 Å². The molecule has 0 aliphatic carbocycles. The SMILES string of the molecule is CSCc1nnc2n1-c1cc(F)ccc1C(c1ccc(F)cc1)CC2. The van der Waals surface area contributed by atoms with Gasteiger partial charge >= 0.3 is 0 Å². The Labute approximate surface area is 149 Å². The summed E-state index contributed by atoms with van der Waals surface area (Å²) in [7, 11) is 0. The van der Waals surface area contributed by atoms with Crippen LogP contribution in [0.2, 0.25) is 0 Å². The fourth-order valence-corrected chi connectivity index (χ4v) is 3.94. The van der Waals surface area contributed by atoms with Crippen molar-refractivity contribution < 1.29 is 8.78 Å². The minimum atomic E-state index is -0.284. The first-order valence-electron chi connectivity index (χ1n) is 8.15. The lowest BCUT2D eigenvalue weighted by molar-refractivity contribution is 0.623. The van der Waals surface area contributed by atoms with Gasteiger partial charge in [0.2, 0.25) is 0 Å². The fourth-order valence-electron chi connectivity index (χ4n) is 3.49. The molecular weight excluding hydrogens is 340 g/mol. The Bertz CT molecular complexity index is 906. The molecule has 0 radical (unpaired) electrons. The maximum atomic E-state index is 14.0. The Kier molecular flexibility index (Phi) is 4.29. The van der Waals surface area contributed by atoms with Crippen molar-refractivity contribution in [3.05, 3.63) is 76.9 Å². The van der Waals surface area contributed by atoms with Crippen molar-refractivity contribution in [3.63, 3.8) is 0 Å². The minimum Gasteiger partial charge on any atom is -0.282 e. The largest absolute Gasteiger partial charge is 0.282 e. The van der Waals surface area contributed by atoms with Crippen LogP contribution in [0.15, 0.2) is 42.5 Å². The van der Waals surface area contributed by atoms with Crippen molar-refractivity contribution in [2.24, 2.45) is 0 Å². The molecule has 0 fully saturated rings. The highest BCUT2D eigenvalue weighted by Gasteiger charge is 2.27. The van der Waals surface area contributed by atoms with Crippen molar-refractivity contribution in [2.75, 3.05) is 6.26 Å². The lowest BCUT2D eigenvalue weighted by atomic mass is 9.87. The molecule has 0 saturated heterocycles. The van der Waals surface area contributed by atoms with Crippen LogP contribution in [0, 0.1) is 11.6 Å². The van der Waals surface area contributed by atoms with E-state index in [2.05, 4.69) is 10.2 Å². The first-order chi connectivity index (χ1) is 12.2. The molecule has 2 heterocycles. The highest BCUT2D eigenvalue weighted by molar-refractivity contribution is 7.97. The summed E-state index contributed by atoms with van der Waals surface area (Å²) in [4.78, 5) is 0. The molecule has 0 spiro atoms. The third-order valence-corrected chi connectivity index (χ3v) is 5.16. The van der Waals surface area contributed by atoms with Crippen molar-refractivity contribution >= 4 is 11.8 Å². The minimum absolute atomic E-state index is 0.0695. The summed E-state index contributed by atoms with van der Waals surface area (Å²) in [5, 5.41) is 8.61. The second-order valence-corrected chi connectivity index (χ2v) is 7.01. The molecule has 1 atom stereocenters. The summed E-state index contributed by atoms with van der Waals surface area (Å²) >= 11 is 1.66. The van der Waals surface area contributed by atoms with E-state index in [9.17, 15) is 8.78 Å². The van der Waals surface area contributed by atoms with Crippen LogP contribution in [0.5, 0.6) is 0 Å². The van der Waals surface area contributed by atoms with Crippen LogP contribution < -0.4 is 0 Å². The molecule has 25 heavy (non-hydrogen) atoms. The van der Waals surface area contributed by atoms with Gasteiger partial charge in [-0.3, -0.25) is 4.57 Å². The van der Waals surface area contributed by atoms with Gasteiger partial charge in [-0.2, -0.15) is 11.8 Å². The van der Waals surface area contributed by atoms with Crippen LogP contribution in [0.25, 0.3) is 5.69 Å². The van der Waals surface area contributed by atoms with E-state index in [4.69, 9.17) is 0 Å². The van der Waals surface area contributed by atoms with E-state index in [-0.39, 0.29) is 17.6 Å². The van der Waals surface area contributed by atoms with Gasteiger partial charge in [0.25, 0.3) is 0 Å². The number of hydrogen-bond acceptors (Lipinski definition) is 3. The summed E-state index contributed by atoms with van der Waals surface area (Å²) in [5.74, 6) is 1.92. The van der Waals surface area contributed by atoms with E-state index < -0.39 is 0 Å². The van der Waals surface area contributed by atoms with E-state index in [0.29, 0.717) is 5.75 Å². The predicted molar refractivity (Wildman–Crippen MR) is 95.1 cm³/mol. The molecule has 1 aliphatic rings. The normalized spacial score (nSPS) is 16.2. The Morgan fingerprint density at radius 1 is 1.08 bits per heavy atom. The summed E-state index contributed by atoms with van der Waals surface area (Å²) in [6.07, 6.45) is 3.56. The lowest BCUT2D eigenvalue weighted by Gasteiger charge is -2.19. The first kappa shape index (κ1) is 16.3. The van der Waals surface area contributed by atoms with Gasteiger partial charge in [-0.25, -0.2) is 8.78 Å². The third kappa shape index (κ3) is 2.95. The number of hydrogen-bond donors (Lipinski definition) is 0. The molecule has 4 rings (SSSR count). The molecule has 128 valence electrons. The van der Waals surface area contributed by atoms with E-state index in [0.717, 1.165) is 41.3 Å². The van der Waals surface area contributed by atoms with Gasteiger partial charge in [0, 0.05) is 12.3 Å². The summed E-state index contributed by atoms with van der Waals surface area (Å²) in [6.45, 7) is 0. The van der Waals surface area contributed by atoms with Crippen LogP contribution in [-0.4, -0.2) is 21.0 Å². The molecule has 0 amide bonds. The Morgan fingerprint density at radius 2 is 1.84 bits per heavy atom. The zero-order valence-electron chi connectivity index (χ0n) is 13.7. The average Bonchev–Trinajstić information content (AvgIpc) is 2.93. The monoisotopic (exact) mass is 357 g/mol. The molecule has 1 aliphatic heterocycles. The first-order valence-corrected chi connectivity index (χ1v) is 9.54. The number of rotatable bonds is 3. The molecule has 6 heteroatoms. The van der Waals surface area contributed by atoms with Crippen LogP contribution >= 0.6 is 11.8 Å². The smallest absolute Gasteiger partial charge is 0.147 e. The standard InChI is InChI=1S/C19H17F2N3S/c1-25-11-19-23-22-18-9-8-15(12-2-4-13(20)5-3-12)16-7-6-14(21)10-17(16)24(18)19/h2-7,10,15H,8-9,11H2,1H3. The van der Waals surface area contributed by atoms with Gasteiger partial charge in [0.05, 0.1) is 11.4 Å². The average molecular weight is 357 g/mol. The molecule has 0 N–H and O–H groups in total. The number of benzene rings is 2. The Hall–Kier alpha value is -2.21. The topological polar surface area (TPSA) is 30.7 Å². The van der Waals surface area contributed by atoms with Gasteiger partial charge < -0.3 is 0 Å². The van der Waals surface area contributed by atoms with E-state index in [1.165, 1.54) is 18.2 Å². The van der Waals surface area contributed by atoms with Crippen LogP contribution in [0.3, 0.4) is 0 Å². The van der Waals surface area contributed by atoms with Crippen LogP contribution in [0.4, 0.5) is 8.78 Å². The summed E-state index contributed by atoms with van der Waals surface area (Å²) < 4.78 is 29.3. The van der Waals surface area contributed by atoms with Crippen molar-refractivity contribution in [3.8, 4) is 5.69 Å². The number of nitrogens with zero attached hydrogens (tertiary/aromatic N) is 3. The maximum absolute atomic E-state index is 14.0. The predicted octanol–water partition coefficient (Wildman–Crippen LogP) is 4.49. The fraction of sp³-hybridized carbons (Fsp3) is 0.263. The molecule has 3 nitrogen and oxygen atoms in total. The summed E-state index contributed by atoms with van der Waals surface area (Å²) in [6, 6.07) is 11.4.